The van der Waals surface area contributed by atoms with Crippen LogP contribution in [0.5, 0.6) is 0 Å². The van der Waals surface area contributed by atoms with Gasteiger partial charge in [0.15, 0.2) is 0 Å². The largest absolute Gasteiger partial charge is 0.381 e. The molecule has 0 aliphatic carbocycles. The maximum absolute atomic E-state index is 5.82. The van der Waals surface area contributed by atoms with Crippen molar-refractivity contribution in [1.82, 2.24) is 4.98 Å². The molecule has 1 fully saturated rings. The number of nitrogens with zero attached hydrogens (tertiary/aromatic N) is 1. The van der Waals surface area contributed by atoms with E-state index in [9.17, 15) is 0 Å². The van der Waals surface area contributed by atoms with Gasteiger partial charge in [-0.2, -0.15) is 0 Å². The molecular formula is C12H17ClN2O. The van der Waals surface area contributed by atoms with Gasteiger partial charge in [-0.25, -0.2) is 4.98 Å². The third kappa shape index (κ3) is 2.66. The van der Waals surface area contributed by atoms with E-state index in [1.165, 1.54) is 0 Å². The van der Waals surface area contributed by atoms with Crippen LogP contribution in [-0.2, 0) is 4.74 Å². The number of aromatic nitrogens is 1. The number of ether oxygens (including phenoxy) is 1. The van der Waals surface area contributed by atoms with Gasteiger partial charge in [0.2, 0.25) is 0 Å². The van der Waals surface area contributed by atoms with Crippen LogP contribution in [0.3, 0.4) is 0 Å². The van der Waals surface area contributed by atoms with Gasteiger partial charge in [-0.05, 0) is 32.4 Å². The standard InChI is InChI=1S/C12H17ClN2O/c1-8(10-5-6-16-7-10)14-11-3-4-12(13)15-9(11)2/h3-4,8,10,14H,5-7H2,1-2H3. The average molecular weight is 241 g/mol. The summed E-state index contributed by atoms with van der Waals surface area (Å²) in [6.07, 6.45) is 1.13. The number of nitrogens with one attached hydrogen (secondary N) is 1. The summed E-state index contributed by atoms with van der Waals surface area (Å²) in [6, 6.07) is 4.20. The predicted molar refractivity (Wildman–Crippen MR) is 66.0 cm³/mol. The number of hydrogen-bond acceptors (Lipinski definition) is 3. The van der Waals surface area contributed by atoms with Crippen LogP contribution in [0.4, 0.5) is 5.69 Å². The predicted octanol–water partition coefficient (Wildman–Crippen LogP) is 2.88. The molecule has 2 heterocycles. The lowest BCUT2D eigenvalue weighted by Gasteiger charge is -2.21. The van der Waals surface area contributed by atoms with Crippen LogP contribution in [0.2, 0.25) is 5.15 Å². The van der Waals surface area contributed by atoms with Crippen LogP contribution in [0.25, 0.3) is 0 Å². The van der Waals surface area contributed by atoms with Gasteiger partial charge in [0.25, 0.3) is 0 Å². The summed E-state index contributed by atoms with van der Waals surface area (Å²) in [5, 5.41) is 4.02. The SMILES string of the molecule is Cc1nc(Cl)ccc1NC(C)C1CCOC1. The Labute approximate surface area is 101 Å². The van der Waals surface area contributed by atoms with E-state index in [2.05, 4.69) is 17.2 Å². The summed E-state index contributed by atoms with van der Waals surface area (Å²) in [5.74, 6) is 0.593. The van der Waals surface area contributed by atoms with E-state index >= 15 is 0 Å². The minimum absolute atomic E-state index is 0.407. The Hall–Kier alpha value is -0.800. The summed E-state index contributed by atoms with van der Waals surface area (Å²) >= 11 is 5.82. The third-order valence-corrected chi connectivity index (χ3v) is 3.32. The molecule has 1 aliphatic heterocycles. The highest BCUT2D eigenvalue weighted by atomic mass is 35.5. The fourth-order valence-electron chi connectivity index (χ4n) is 1.99. The van der Waals surface area contributed by atoms with E-state index in [0.29, 0.717) is 17.1 Å². The van der Waals surface area contributed by atoms with Gasteiger partial charge in [-0.1, -0.05) is 11.6 Å². The Kier molecular flexibility index (Phi) is 3.66. The Morgan fingerprint density at radius 3 is 3.00 bits per heavy atom. The van der Waals surface area contributed by atoms with E-state index in [1.54, 1.807) is 0 Å². The lowest BCUT2D eigenvalue weighted by Crippen LogP contribution is -2.26. The molecule has 16 heavy (non-hydrogen) atoms. The van der Waals surface area contributed by atoms with Crippen LogP contribution >= 0.6 is 11.6 Å². The highest BCUT2D eigenvalue weighted by molar-refractivity contribution is 6.29. The van der Waals surface area contributed by atoms with Crippen molar-refractivity contribution in [3.8, 4) is 0 Å². The Bertz CT molecular complexity index is 364. The molecular weight excluding hydrogens is 224 g/mol. The molecule has 2 unspecified atom stereocenters. The van der Waals surface area contributed by atoms with Gasteiger partial charge in [0, 0.05) is 18.6 Å². The summed E-state index contributed by atoms with van der Waals surface area (Å²) in [5.41, 5.74) is 2.00. The molecule has 1 aliphatic rings. The molecule has 0 aromatic carbocycles. The van der Waals surface area contributed by atoms with Crippen LogP contribution in [-0.4, -0.2) is 24.2 Å². The molecule has 1 aromatic rings. The molecule has 2 rings (SSSR count). The number of pyridine rings is 1. The second kappa shape index (κ2) is 5.02. The van der Waals surface area contributed by atoms with Gasteiger partial charge in [0.1, 0.15) is 5.15 Å². The smallest absolute Gasteiger partial charge is 0.129 e. The second-order valence-electron chi connectivity index (χ2n) is 4.32. The van der Waals surface area contributed by atoms with Crippen LogP contribution in [0, 0.1) is 12.8 Å². The zero-order valence-electron chi connectivity index (χ0n) is 9.66. The first-order chi connectivity index (χ1) is 7.66. The zero-order valence-corrected chi connectivity index (χ0v) is 10.4. The molecule has 1 N–H and O–H groups in total. The van der Waals surface area contributed by atoms with E-state index in [4.69, 9.17) is 16.3 Å². The molecule has 1 saturated heterocycles. The van der Waals surface area contributed by atoms with Crippen molar-refractivity contribution in [1.29, 1.82) is 0 Å². The molecule has 1 aromatic heterocycles. The van der Waals surface area contributed by atoms with Crippen molar-refractivity contribution >= 4 is 17.3 Å². The normalized spacial score (nSPS) is 22.1. The summed E-state index contributed by atoms with van der Waals surface area (Å²) in [7, 11) is 0. The Morgan fingerprint density at radius 1 is 1.56 bits per heavy atom. The van der Waals surface area contributed by atoms with E-state index < -0.39 is 0 Å². The van der Waals surface area contributed by atoms with E-state index in [0.717, 1.165) is 31.0 Å². The fraction of sp³-hybridized carbons (Fsp3) is 0.583. The molecule has 88 valence electrons. The van der Waals surface area contributed by atoms with Gasteiger partial charge >= 0.3 is 0 Å². The lowest BCUT2D eigenvalue weighted by atomic mass is 10.0. The maximum Gasteiger partial charge on any atom is 0.129 e. The van der Waals surface area contributed by atoms with E-state index in [1.807, 2.05) is 19.1 Å². The van der Waals surface area contributed by atoms with Crippen LogP contribution < -0.4 is 5.32 Å². The van der Waals surface area contributed by atoms with Crippen LogP contribution in [0.15, 0.2) is 12.1 Å². The number of anilines is 1. The quantitative estimate of drug-likeness (QED) is 0.825. The molecule has 2 atom stereocenters. The molecule has 0 bridgehead atoms. The molecule has 4 heteroatoms. The fourth-order valence-corrected chi connectivity index (χ4v) is 2.18. The van der Waals surface area contributed by atoms with Crippen molar-refractivity contribution in [3.63, 3.8) is 0 Å². The lowest BCUT2D eigenvalue weighted by molar-refractivity contribution is 0.183. The van der Waals surface area contributed by atoms with Crippen molar-refractivity contribution in [2.75, 3.05) is 18.5 Å². The average Bonchev–Trinajstić information content (AvgIpc) is 2.75. The molecule has 0 spiro atoms. The highest BCUT2D eigenvalue weighted by Gasteiger charge is 2.22. The number of rotatable bonds is 3. The summed E-state index contributed by atoms with van der Waals surface area (Å²) in [6.45, 7) is 5.89. The summed E-state index contributed by atoms with van der Waals surface area (Å²) < 4.78 is 5.39. The van der Waals surface area contributed by atoms with Gasteiger partial charge in [-0.15, -0.1) is 0 Å². The molecule has 0 radical (unpaired) electrons. The molecule has 3 nitrogen and oxygen atoms in total. The van der Waals surface area contributed by atoms with Crippen molar-refractivity contribution in [2.45, 2.75) is 26.3 Å². The minimum Gasteiger partial charge on any atom is -0.381 e. The first-order valence-electron chi connectivity index (χ1n) is 5.64. The number of aryl methyl sites for hydroxylation is 1. The number of halogens is 1. The first-order valence-corrected chi connectivity index (χ1v) is 6.02. The Balaban J connectivity index is 2.02. The second-order valence-corrected chi connectivity index (χ2v) is 4.71. The number of hydrogen-bond donors (Lipinski definition) is 1. The molecule has 0 saturated carbocycles. The van der Waals surface area contributed by atoms with Gasteiger partial charge in [-0.3, -0.25) is 0 Å². The van der Waals surface area contributed by atoms with Crippen molar-refractivity contribution in [2.24, 2.45) is 5.92 Å². The van der Waals surface area contributed by atoms with Crippen molar-refractivity contribution in [3.05, 3.63) is 23.0 Å². The molecule has 0 amide bonds. The van der Waals surface area contributed by atoms with Crippen molar-refractivity contribution < 1.29 is 4.74 Å². The maximum atomic E-state index is 5.82. The first kappa shape index (κ1) is 11.7. The highest BCUT2D eigenvalue weighted by Crippen LogP contribution is 2.22. The zero-order chi connectivity index (χ0) is 11.5. The van der Waals surface area contributed by atoms with Gasteiger partial charge < -0.3 is 10.1 Å². The summed E-state index contributed by atoms with van der Waals surface area (Å²) in [4.78, 5) is 4.22. The van der Waals surface area contributed by atoms with Gasteiger partial charge in [0.05, 0.1) is 18.0 Å². The van der Waals surface area contributed by atoms with E-state index in [-0.39, 0.29) is 0 Å². The van der Waals surface area contributed by atoms with Crippen LogP contribution in [0.1, 0.15) is 19.0 Å². The monoisotopic (exact) mass is 240 g/mol. The topological polar surface area (TPSA) is 34.2 Å². The Morgan fingerprint density at radius 2 is 2.38 bits per heavy atom. The minimum atomic E-state index is 0.407. The third-order valence-electron chi connectivity index (χ3n) is 3.11.